The van der Waals surface area contributed by atoms with E-state index in [-0.39, 0.29) is 6.10 Å². The second-order valence-corrected chi connectivity index (χ2v) is 5.64. The number of nitrogens with zero attached hydrogens (tertiary/aromatic N) is 2. The molecule has 0 spiro atoms. The molecule has 0 radical (unpaired) electrons. The van der Waals surface area contributed by atoms with Crippen LogP contribution < -0.4 is 4.74 Å². The molecule has 2 aromatic rings. The van der Waals surface area contributed by atoms with Gasteiger partial charge in [0.15, 0.2) is 0 Å². The van der Waals surface area contributed by atoms with Crippen LogP contribution >= 0.6 is 11.6 Å². The van der Waals surface area contributed by atoms with Crippen LogP contribution in [-0.2, 0) is 13.0 Å². The number of aryl methyl sites for hydroxylation is 2. The Hall–Kier alpha value is -1.22. The number of hydrogen-bond donors (Lipinski definition) is 0. The van der Waals surface area contributed by atoms with E-state index in [0.29, 0.717) is 5.88 Å². The molecule has 110 valence electrons. The van der Waals surface area contributed by atoms with Gasteiger partial charge in [0.25, 0.3) is 0 Å². The van der Waals surface area contributed by atoms with Crippen molar-refractivity contribution in [3.05, 3.63) is 24.0 Å². The van der Waals surface area contributed by atoms with Crippen LogP contribution in [0.4, 0.5) is 0 Å². The van der Waals surface area contributed by atoms with Crippen LogP contribution in [-0.4, -0.2) is 21.5 Å². The third-order valence-corrected chi connectivity index (χ3v) is 3.43. The van der Waals surface area contributed by atoms with Crippen molar-refractivity contribution in [2.24, 2.45) is 0 Å². The standard InChI is InChI=1S/C16H23ClN2O/c1-4-5-11-19-13-7-6-8-14(20-12(2)3)16(13)18-15(19)9-10-17/h6-8,12H,4-5,9-11H2,1-3H3. The Balaban J connectivity index is 2.48. The molecule has 0 aliphatic rings. The van der Waals surface area contributed by atoms with E-state index >= 15 is 0 Å². The molecule has 0 atom stereocenters. The minimum absolute atomic E-state index is 0.151. The zero-order valence-electron chi connectivity index (χ0n) is 12.5. The molecular formula is C16H23ClN2O. The highest BCUT2D eigenvalue weighted by molar-refractivity contribution is 6.17. The summed E-state index contributed by atoms with van der Waals surface area (Å²) in [6.45, 7) is 7.26. The molecule has 0 aliphatic heterocycles. The van der Waals surface area contributed by atoms with Gasteiger partial charge in [0.2, 0.25) is 0 Å². The normalized spacial score (nSPS) is 11.4. The summed E-state index contributed by atoms with van der Waals surface area (Å²) in [4.78, 5) is 4.76. The second kappa shape index (κ2) is 6.98. The zero-order chi connectivity index (χ0) is 14.5. The first-order valence-corrected chi connectivity index (χ1v) is 7.91. The van der Waals surface area contributed by atoms with Gasteiger partial charge in [-0.15, -0.1) is 11.6 Å². The van der Waals surface area contributed by atoms with E-state index in [1.807, 2.05) is 26.0 Å². The van der Waals surface area contributed by atoms with Crippen LogP contribution in [0, 0.1) is 0 Å². The van der Waals surface area contributed by atoms with E-state index in [9.17, 15) is 0 Å². The van der Waals surface area contributed by atoms with Gasteiger partial charge in [-0.3, -0.25) is 0 Å². The number of halogens is 1. The van der Waals surface area contributed by atoms with Crippen molar-refractivity contribution in [1.82, 2.24) is 9.55 Å². The van der Waals surface area contributed by atoms with Crippen molar-refractivity contribution in [2.45, 2.75) is 52.7 Å². The van der Waals surface area contributed by atoms with Crippen LogP contribution in [0.1, 0.15) is 39.4 Å². The summed E-state index contributed by atoms with van der Waals surface area (Å²) >= 11 is 5.91. The lowest BCUT2D eigenvalue weighted by atomic mass is 10.2. The Morgan fingerprint density at radius 3 is 2.80 bits per heavy atom. The molecule has 0 saturated carbocycles. The molecule has 0 saturated heterocycles. The number of unbranched alkanes of at least 4 members (excludes halogenated alkanes) is 1. The third kappa shape index (κ3) is 3.26. The number of para-hydroxylation sites is 1. The molecule has 2 rings (SSSR count). The van der Waals surface area contributed by atoms with Crippen molar-refractivity contribution < 1.29 is 4.74 Å². The van der Waals surface area contributed by atoms with E-state index in [4.69, 9.17) is 21.3 Å². The summed E-state index contributed by atoms with van der Waals surface area (Å²) in [5.41, 5.74) is 2.11. The van der Waals surface area contributed by atoms with Crippen LogP contribution in [0.25, 0.3) is 11.0 Å². The third-order valence-electron chi connectivity index (χ3n) is 3.24. The Morgan fingerprint density at radius 2 is 2.15 bits per heavy atom. The summed E-state index contributed by atoms with van der Waals surface area (Å²) in [6.07, 6.45) is 3.26. The zero-order valence-corrected chi connectivity index (χ0v) is 13.3. The molecule has 3 nitrogen and oxygen atoms in total. The lowest BCUT2D eigenvalue weighted by Gasteiger charge is -2.10. The largest absolute Gasteiger partial charge is 0.489 e. The number of aromatic nitrogens is 2. The van der Waals surface area contributed by atoms with E-state index in [2.05, 4.69) is 17.6 Å². The summed E-state index contributed by atoms with van der Waals surface area (Å²) in [5.74, 6) is 2.52. The summed E-state index contributed by atoms with van der Waals surface area (Å²) in [7, 11) is 0. The Kier molecular flexibility index (Phi) is 5.30. The molecule has 1 aromatic carbocycles. The van der Waals surface area contributed by atoms with Crippen LogP contribution in [0.5, 0.6) is 5.75 Å². The first-order valence-electron chi connectivity index (χ1n) is 7.38. The van der Waals surface area contributed by atoms with E-state index in [1.54, 1.807) is 0 Å². The van der Waals surface area contributed by atoms with Gasteiger partial charge in [-0.1, -0.05) is 19.4 Å². The molecule has 0 amide bonds. The summed E-state index contributed by atoms with van der Waals surface area (Å²) in [5, 5.41) is 0. The van der Waals surface area contributed by atoms with E-state index < -0.39 is 0 Å². The maximum absolute atomic E-state index is 5.91. The van der Waals surface area contributed by atoms with Crippen LogP contribution in [0.2, 0.25) is 0 Å². The van der Waals surface area contributed by atoms with Crippen molar-refractivity contribution >= 4 is 22.6 Å². The fourth-order valence-electron chi connectivity index (χ4n) is 2.36. The minimum atomic E-state index is 0.151. The highest BCUT2D eigenvalue weighted by Crippen LogP contribution is 2.27. The molecule has 0 aliphatic carbocycles. The Bertz CT molecular complexity index is 563. The van der Waals surface area contributed by atoms with E-state index in [1.165, 1.54) is 6.42 Å². The predicted molar refractivity (Wildman–Crippen MR) is 84.8 cm³/mol. The lowest BCUT2D eigenvalue weighted by Crippen LogP contribution is -2.06. The quantitative estimate of drug-likeness (QED) is 0.708. The molecule has 0 fully saturated rings. The molecule has 0 unspecified atom stereocenters. The number of fused-ring (bicyclic) bond motifs is 1. The van der Waals surface area contributed by atoms with Crippen molar-refractivity contribution in [2.75, 3.05) is 5.88 Å². The monoisotopic (exact) mass is 294 g/mol. The molecule has 0 N–H and O–H groups in total. The molecule has 1 aromatic heterocycles. The number of alkyl halides is 1. The average molecular weight is 295 g/mol. The highest BCUT2D eigenvalue weighted by Gasteiger charge is 2.14. The Labute approximate surface area is 125 Å². The van der Waals surface area contributed by atoms with Gasteiger partial charge < -0.3 is 9.30 Å². The number of hydrogen-bond acceptors (Lipinski definition) is 2. The fourth-order valence-corrected chi connectivity index (χ4v) is 2.53. The Morgan fingerprint density at radius 1 is 1.35 bits per heavy atom. The van der Waals surface area contributed by atoms with Gasteiger partial charge in [-0.05, 0) is 32.4 Å². The molecular weight excluding hydrogens is 272 g/mol. The minimum Gasteiger partial charge on any atom is -0.489 e. The SMILES string of the molecule is CCCCn1c(CCCl)nc2c(OC(C)C)cccc21. The number of rotatable bonds is 7. The van der Waals surface area contributed by atoms with Gasteiger partial charge in [-0.25, -0.2) is 4.98 Å². The van der Waals surface area contributed by atoms with Gasteiger partial charge in [0.05, 0.1) is 11.6 Å². The van der Waals surface area contributed by atoms with Crippen LogP contribution in [0.15, 0.2) is 18.2 Å². The number of benzene rings is 1. The predicted octanol–water partition coefficient (Wildman–Crippen LogP) is 4.40. The highest BCUT2D eigenvalue weighted by atomic mass is 35.5. The topological polar surface area (TPSA) is 27.1 Å². The van der Waals surface area contributed by atoms with Gasteiger partial charge in [0, 0.05) is 18.8 Å². The van der Waals surface area contributed by atoms with Crippen LogP contribution in [0.3, 0.4) is 0 Å². The van der Waals surface area contributed by atoms with Crippen molar-refractivity contribution in [3.8, 4) is 5.75 Å². The van der Waals surface area contributed by atoms with Gasteiger partial charge in [0.1, 0.15) is 17.1 Å². The lowest BCUT2D eigenvalue weighted by molar-refractivity contribution is 0.245. The maximum Gasteiger partial charge on any atom is 0.147 e. The number of imidazole rings is 1. The molecule has 4 heteroatoms. The van der Waals surface area contributed by atoms with Gasteiger partial charge in [-0.2, -0.15) is 0 Å². The maximum atomic E-state index is 5.91. The summed E-state index contributed by atoms with van der Waals surface area (Å²) in [6, 6.07) is 6.14. The van der Waals surface area contributed by atoms with E-state index in [0.717, 1.165) is 42.0 Å². The molecule has 1 heterocycles. The first-order chi connectivity index (χ1) is 9.67. The average Bonchev–Trinajstić information content (AvgIpc) is 2.75. The smallest absolute Gasteiger partial charge is 0.147 e. The van der Waals surface area contributed by atoms with Crippen molar-refractivity contribution in [1.29, 1.82) is 0 Å². The molecule has 20 heavy (non-hydrogen) atoms. The first kappa shape index (κ1) is 15.2. The number of ether oxygens (including phenoxy) is 1. The molecule has 0 bridgehead atoms. The van der Waals surface area contributed by atoms with Gasteiger partial charge >= 0.3 is 0 Å². The fraction of sp³-hybridized carbons (Fsp3) is 0.562. The summed E-state index contributed by atoms with van der Waals surface area (Å²) < 4.78 is 8.16. The second-order valence-electron chi connectivity index (χ2n) is 5.26. The van der Waals surface area contributed by atoms with Crippen molar-refractivity contribution in [3.63, 3.8) is 0 Å².